The summed E-state index contributed by atoms with van der Waals surface area (Å²) in [4.78, 5) is -0.568. The molecule has 1 atom stereocenters. The summed E-state index contributed by atoms with van der Waals surface area (Å²) in [5.74, 6) is -0.747. The maximum atomic E-state index is 13.4. The predicted octanol–water partition coefficient (Wildman–Crippen LogP) is 0.0647. The summed E-state index contributed by atoms with van der Waals surface area (Å²) in [6.07, 6.45) is 1.45. The molecule has 0 radical (unpaired) electrons. The Morgan fingerprint density at radius 3 is 2.65 bits per heavy atom. The van der Waals surface area contributed by atoms with E-state index in [1.54, 1.807) is 0 Å². The Morgan fingerprint density at radius 2 is 2.12 bits per heavy atom. The van der Waals surface area contributed by atoms with E-state index in [-0.39, 0.29) is 18.0 Å². The first-order valence-corrected chi connectivity index (χ1v) is 7.89. The average molecular weight is 280 g/mol. The van der Waals surface area contributed by atoms with Crippen LogP contribution in [0.15, 0.2) is 23.1 Å². The molecular formula is C9H13FN2O3S2. The fourth-order valence-corrected chi connectivity index (χ4v) is 2.94. The van der Waals surface area contributed by atoms with Gasteiger partial charge in [0, 0.05) is 29.4 Å². The minimum absolute atomic E-state index is 0.0286. The highest BCUT2D eigenvalue weighted by molar-refractivity contribution is 7.89. The summed E-state index contributed by atoms with van der Waals surface area (Å²) < 4.78 is 49.7. The summed E-state index contributed by atoms with van der Waals surface area (Å²) in [6, 6.07) is 3.64. The third-order valence-electron chi connectivity index (χ3n) is 1.95. The molecule has 3 N–H and O–H groups in total. The molecule has 96 valence electrons. The number of anilines is 1. The zero-order valence-electron chi connectivity index (χ0n) is 9.14. The first kappa shape index (κ1) is 14.1. The zero-order chi connectivity index (χ0) is 13.1. The van der Waals surface area contributed by atoms with Gasteiger partial charge in [-0.15, -0.1) is 0 Å². The van der Waals surface area contributed by atoms with E-state index in [4.69, 9.17) is 5.73 Å². The van der Waals surface area contributed by atoms with Gasteiger partial charge in [-0.3, -0.25) is 4.21 Å². The van der Waals surface area contributed by atoms with Crippen LogP contribution in [0.4, 0.5) is 10.1 Å². The highest BCUT2D eigenvalue weighted by Crippen LogP contribution is 2.20. The van der Waals surface area contributed by atoms with E-state index in [2.05, 4.69) is 4.72 Å². The van der Waals surface area contributed by atoms with Crippen molar-refractivity contribution in [3.05, 3.63) is 24.0 Å². The smallest absolute Gasteiger partial charge is 0.245 e. The van der Waals surface area contributed by atoms with Gasteiger partial charge < -0.3 is 5.73 Å². The molecule has 17 heavy (non-hydrogen) atoms. The topological polar surface area (TPSA) is 89.3 Å². The molecule has 0 saturated heterocycles. The van der Waals surface area contributed by atoms with Crippen LogP contribution >= 0.6 is 0 Å². The Labute approximate surface area is 102 Å². The lowest BCUT2D eigenvalue weighted by molar-refractivity contribution is 0.560. The Kier molecular flexibility index (Phi) is 4.61. The van der Waals surface area contributed by atoms with Gasteiger partial charge in [0.2, 0.25) is 10.0 Å². The molecule has 0 saturated carbocycles. The lowest BCUT2D eigenvalue weighted by Gasteiger charge is -2.09. The van der Waals surface area contributed by atoms with Gasteiger partial charge in [-0.1, -0.05) is 6.07 Å². The Hall–Kier alpha value is -0.990. The fraction of sp³-hybridized carbons (Fsp3) is 0.333. The quantitative estimate of drug-likeness (QED) is 0.747. The number of benzene rings is 1. The molecule has 1 aromatic rings. The van der Waals surface area contributed by atoms with E-state index in [1.165, 1.54) is 18.4 Å². The van der Waals surface area contributed by atoms with E-state index in [0.717, 1.165) is 6.07 Å². The van der Waals surface area contributed by atoms with E-state index in [9.17, 15) is 17.0 Å². The minimum atomic E-state index is -4.00. The second-order valence-corrected chi connectivity index (χ2v) is 6.59. The molecule has 0 aliphatic rings. The molecule has 0 fully saturated rings. The molecule has 0 bridgehead atoms. The van der Waals surface area contributed by atoms with Crippen LogP contribution in [0.2, 0.25) is 0 Å². The van der Waals surface area contributed by atoms with Crippen LogP contribution in [-0.4, -0.2) is 31.2 Å². The summed E-state index contributed by atoms with van der Waals surface area (Å²) in [5, 5.41) is 0. The largest absolute Gasteiger partial charge is 0.398 e. The van der Waals surface area contributed by atoms with Gasteiger partial charge in [0.1, 0.15) is 10.7 Å². The van der Waals surface area contributed by atoms with Crippen LogP contribution in [0.5, 0.6) is 0 Å². The molecule has 0 heterocycles. The van der Waals surface area contributed by atoms with Crippen molar-refractivity contribution in [3.8, 4) is 0 Å². The van der Waals surface area contributed by atoms with Crippen molar-refractivity contribution in [2.45, 2.75) is 4.90 Å². The first-order chi connectivity index (χ1) is 7.84. The van der Waals surface area contributed by atoms with Gasteiger partial charge in [-0.05, 0) is 12.1 Å². The summed E-state index contributed by atoms with van der Waals surface area (Å²) in [5.41, 5.74) is 5.26. The molecule has 8 heteroatoms. The van der Waals surface area contributed by atoms with Crippen LogP contribution in [0.25, 0.3) is 0 Å². The van der Waals surface area contributed by atoms with E-state index in [0.29, 0.717) is 0 Å². The first-order valence-electron chi connectivity index (χ1n) is 4.68. The lowest BCUT2D eigenvalue weighted by atomic mass is 10.3. The van der Waals surface area contributed by atoms with Crippen molar-refractivity contribution in [1.29, 1.82) is 0 Å². The molecule has 0 aromatic heterocycles. The molecule has 0 amide bonds. The number of hydrogen-bond acceptors (Lipinski definition) is 4. The molecule has 1 aromatic carbocycles. The zero-order valence-corrected chi connectivity index (χ0v) is 10.8. The Balaban J connectivity index is 2.94. The third kappa shape index (κ3) is 3.76. The highest BCUT2D eigenvalue weighted by Gasteiger charge is 2.21. The van der Waals surface area contributed by atoms with Gasteiger partial charge in [-0.2, -0.15) is 0 Å². The molecule has 0 aliphatic heterocycles. The van der Waals surface area contributed by atoms with E-state index >= 15 is 0 Å². The summed E-state index contributed by atoms with van der Waals surface area (Å²) in [6.45, 7) is -0.0286. The molecule has 1 rings (SSSR count). The van der Waals surface area contributed by atoms with Crippen LogP contribution in [0, 0.1) is 5.82 Å². The highest BCUT2D eigenvalue weighted by atomic mass is 32.2. The number of rotatable bonds is 5. The second kappa shape index (κ2) is 5.56. The number of nitrogens with one attached hydrogen (secondary N) is 1. The number of nitrogens with two attached hydrogens (primary N) is 1. The molecule has 1 unspecified atom stereocenters. The van der Waals surface area contributed by atoms with Crippen molar-refractivity contribution < 1.29 is 17.0 Å². The average Bonchev–Trinajstić information content (AvgIpc) is 2.15. The van der Waals surface area contributed by atoms with Crippen molar-refractivity contribution in [2.75, 3.05) is 24.3 Å². The Morgan fingerprint density at radius 1 is 1.47 bits per heavy atom. The number of sulfonamides is 1. The van der Waals surface area contributed by atoms with E-state index in [1.807, 2.05) is 0 Å². The maximum Gasteiger partial charge on any atom is 0.245 e. The molecule has 0 aliphatic carbocycles. The van der Waals surface area contributed by atoms with Crippen molar-refractivity contribution in [3.63, 3.8) is 0 Å². The molecular weight excluding hydrogens is 267 g/mol. The third-order valence-corrected chi connectivity index (χ3v) is 4.28. The minimum Gasteiger partial charge on any atom is -0.398 e. The predicted molar refractivity (Wildman–Crippen MR) is 64.9 cm³/mol. The van der Waals surface area contributed by atoms with Crippen molar-refractivity contribution >= 4 is 26.5 Å². The Bertz CT molecular complexity index is 511. The standard InChI is InChI=1S/C9H13FN2O3S2/c1-16(13)6-5-12-17(14,15)9-7(10)3-2-4-8(9)11/h2-4,12H,5-6,11H2,1H3. The van der Waals surface area contributed by atoms with Gasteiger partial charge >= 0.3 is 0 Å². The summed E-state index contributed by atoms with van der Waals surface area (Å²) >= 11 is 0. The van der Waals surface area contributed by atoms with Crippen molar-refractivity contribution in [1.82, 2.24) is 4.72 Å². The van der Waals surface area contributed by atoms with Gasteiger partial charge in [0.25, 0.3) is 0 Å². The number of nitrogen functional groups attached to an aromatic ring is 1. The molecule has 0 spiro atoms. The molecule has 5 nitrogen and oxygen atoms in total. The van der Waals surface area contributed by atoms with Gasteiger partial charge in [-0.25, -0.2) is 17.5 Å². The second-order valence-electron chi connectivity index (χ2n) is 3.33. The number of halogens is 1. The van der Waals surface area contributed by atoms with Crippen LogP contribution < -0.4 is 10.5 Å². The lowest BCUT2D eigenvalue weighted by Crippen LogP contribution is -2.29. The summed E-state index contributed by atoms with van der Waals surface area (Å²) in [7, 11) is -5.12. The SMILES string of the molecule is CS(=O)CCNS(=O)(=O)c1c(N)cccc1F. The fourth-order valence-electron chi connectivity index (χ4n) is 1.20. The monoisotopic (exact) mass is 280 g/mol. The van der Waals surface area contributed by atoms with Crippen LogP contribution in [0.1, 0.15) is 0 Å². The normalized spacial score (nSPS) is 13.5. The maximum absolute atomic E-state index is 13.4. The van der Waals surface area contributed by atoms with Crippen LogP contribution in [-0.2, 0) is 20.8 Å². The van der Waals surface area contributed by atoms with Gasteiger partial charge in [0.05, 0.1) is 5.69 Å². The van der Waals surface area contributed by atoms with E-state index < -0.39 is 31.5 Å². The van der Waals surface area contributed by atoms with Crippen molar-refractivity contribution in [2.24, 2.45) is 0 Å². The van der Waals surface area contributed by atoms with Gasteiger partial charge in [0.15, 0.2) is 0 Å². The van der Waals surface area contributed by atoms with Crippen LogP contribution in [0.3, 0.4) is 0 Å². The number of hydrogen-bond donors (Lipinski definition) is 2.